The topological polar surface area (TPSA) is 49.4 Å². The summed E-state index contributed by atoms with van der Waals surface area (Å²) < 4.78 is 0. The van der Waals surface area contributed by atoms with Gasteiger partial charge in [-0.2, -0.15) is 0 Å². The molecule has 0 bridgehead atoms. The van der Waals surface area contributed by atoms with E-state index >= 15 is 0 Å². The van der Waals surface area contributed by atoms with Crippen LogP contribution in [0.25, 0.3) is 0 Å². The number of benzene rings is 1. The molecule has 5 heteroatoms. The fourth-order valence-corrected chi connectivity index (χ4v) is 3.07. The van der Waals surface area contributed by atoms with E-state index in [1.54, 1.807) is 4.90 Å². The van der Waals surface area contributed by atoms with Crippen molar-refractivity contribution in [2.24, 2.45) is 5.92 Å². The predicted molar refractivity (Wildman–Crippen MR) is 81.1 cm³/mol. The molecule has 1 aromatic carbocycles. The second-order valence-electron chi connectivity index (χ2n) is 6.51. The summed E-state index contributed by atoms with van der Waals surface area (Å²) in [5.41, 5.74) is 0.829. The molecule has 1 aliphatic heterocycles. The predicted octanol–water partition coefficient (Wildman–Crippen LogP) is 2.18. The van der Waals surface area contributed by atoms with Gasteiger partial charge in [-0.25, -0.2) is 0 Å². The molecule has 1 aliphatic carbocycles. The van der Waals surface area contributed by atoms with Crippen LogP contribution < -0.4 is 5.32 Å². The maximum Gasteiger partial charge on any atom is 0.239 e. The molecule has 0 radical (unpaired) electrons. The number of hydrogen-bond acceptors (Lipinski definition) is 2. The molecule has 1 aromatic rings. The van der Waals surface area contributed by atoms with E-state index in [9.17, 15) is 9.59 Å². The lowest BCUT2D eigenvalue weighted by Crippen LogP contribution is -2.62. The summed E-state index contributed by atoms with van der Waals surface area (Å²) >= 11 is 5.89. The van der Waals surface area contributed by atoms with Crippen LogP contribution in [-0.2, 0) is 9.59 Å². The number of carbonyl (C=O) groups excluding carboxylic acids is 2. The third kappa shape index (κ3) is 2.77. The van der Waals surface area contributed by atoms with Crippen molar-refractivity contribution < 1.29 is 9.59 Å². The van der Waals surface area contributed by atoms with Crippen LogP contribution >= 0.6 is 11.6 Å². The molecule has 0 unspecified atom stereocenters. The highest BCUT2D eigenvalue weighted by Gasteiger charge is 2.49. The Hall–Kier alpha value is -1.55. The van der Waals surface area contributed by atoms with Crippen LogP contribution in [0.5, 0.6) is 0 Å². The molecular weight excluding hydrogens is 288 g/mol. The molecular formula is C16H19ClN2O2. The second-order valence-corrected chi connectivity index (χ2v) is 6.95. The zero-order chi connectivity index (χ0) is 15.2. The van der Waals surface area contributed by atoms with Gasteiger partial charge in [0.1, 0.15) is 6.54 Å². The maximum atomic E-state index is 12.7. The first-order valence-electron chi connectivity index (χ1n) is 7.22. The second kappa shape index (κ2) is 5.02. The van der Waals surface area contributed by atoms with Gasteiger partial charge >= 0.3 is 0 Å². The van der Waals surface area contributed by atoms with Crippen molar-refractivity contribution in [3.05, 3.63) is 34.9 Å². The minimum absolute atomic E-state index is 0.00338. The smallest absolute Gasteiger partial charge is 0.239 e. The largest absolute Gasteiger partial charge is 0.352 e. The van der Waals surface area contributed by atoms with Crippen LogP contribution in [0.1, 0.15) is 31.7 Å². The summed E-state index contributed by atoms with van der Waals surface area (Å²) in [6.45, 7) is 4.65. The highest BCUT2D eigenvalue weighted by Crippen LogP contribution is 2.49. The Kier molecular flexibility index (Phi) is 3.44. The molecule has 1 heterocycles. The highest BCUT2D eigenvalue weighted by atomic mass is 35.5. The van der Waals surface area contributed by atoms with Gasteiger partial charge in [-0.05, 0) is 43.9 Å². The molecule has 1 saturated carbocycles. The number of halogens is 1. The quantitative estimate of drug-likeness (QED) is 0.910. The van der Waals surface area contributed by atoms with Gasteiger partial charge in [0.2, 0.25) is 11.8 Å². The van der Waals surface area contributed by atoms with E-state index < -0.39 is 0 Å². The van der Waals surface area contributed by atoms with Crippen LogP contribution in [-0.4, -0.2) is 35.3 Å². The highest BCUT2D eigenvalue weighted by molar-refractivity contribution is 6.30. The summed E-state index contributed by atoms with van der Waals surface area (Å²) in [6, 6.07) is 7.67. The SMILES string of the molecule is CC1(C)CNC(=O)CN1C(=O)[C@H]1C[C@@H]1c1ccc(Cl)cc1. The van der Waals surface area contributed by atoms with Crippen molar-refractivity contribution in [2.45, 2.75) is 31.7 Å². The molecule has 0 aromatic heterocycles. The number of hydrogen-bond donors (Lipinski definition) is 1. The standard InChI is InChI=1S/C16H19ClN2O2/c1-16(2)9-18-14(20)8-19(16)15(21)13-7-12(13)10-3-5-11(17)6-4-10/h3-6,12-13H,7-9H2,1-2H3,(H,18,20)/t12-,13+/m1/s1. The third-order valence-electron chi connectivity index (χ3n) is 4.42. The van der Waals surface area contributed by atoms with E-state index in [2.05, 4.69) is 5.32 Å². The molecule has 4 nitrogen and oxygen atoms in total. The van der Waals surface area contributed by atoms with E-state index in [0.717, 1.165) is 12.0 Å². The summed E-state index contributed by atoms with van der Waals surface area (Å²) in [6.07, 6.45) is 0.856. The van der Waals surface area contributed by atoms with Crippen LogP contribution in [0.15, 0.2) is 24.3 Å². The van der Waals surface area contributed by atoms with Gasteiger partial charge in [0, 0.05) is 17.5 Å². The Morgan fingerprint density at radius 1 is 1.33 bits per heavy atom. The van der Waals surface area contributed by atoms with Crippen molar-refractivity contribution in [3.8, 4) is 0 Å². The van der Waals surface area contributed by atoms with Gasteiger partial charge in [-0.15, -0.1) is 0 Å². The van der Waals surface area contributed by atoms with E-state index in [4.69, 9.17) is 11.6 Å². The first-order chi connectivity index (χ1) is 9.88. The van der Waals surface area contributed by atoms with Gasteiger partial charge in [0.05, 0.1) is 5.54 Å². The molecule has 112 valence electrons. The van der Waals surface area contributed by atoms with Crippen molar-refractivity contribution in [1.29, 1.82) is 0 Å². The van der Waals surface area contributed by atoms with Gasteiger partial charge in [0.15, 0.2) is 0 Å². The van der Waals surface area contributed by atoms with Crippen LogP contribution in [0.4, 0.5) is 0 Å². The monoisotopic (exact) mass is 306 g/mol. The van der Waals surface area contributed by atoms with Gasteiger partial charge in [-0.1, -0.05) is 23.7 Å². The molecule has 2 aliphatic rings. The Labute approximate surface area is 129 Å². The number of amides is 2. The molecule has 2 fully saturated rings. The molecule has 2 amide bonds. The number of rotatable bonds is 2. The molecule has 1 saturated heterocycles. The average molecular weight is 307 g/mol. The number of piperazine rings is 1. The third-order valence-corrected chi connectivity index (χ3v) is 4.67. The summed E-state index contributed by atoms with van der Waals surface area (Å²) in [5, 5.41) is 3.52. The molecule has 1 N–H and O–H groups in total. The average Bonchev–Trinajstić information content (AvgIpc) is 3.22. The fourth-order valence-electron chi connectivity index (χ4n) is 2.95. The number of nitrogens with zero attached hydrogens (tertiary/aromatic N) is 1. The molecule has 0 spiro atoms. The first-order valence-corrected chi connectivity index (χ1v) is 7.60. The Morgan fingerprint density at radius 3 is 2.67 bits per heavy atom. The van der Waals surface area contributed by atoms with E-state index in [-0.39, 0.29) is 35.7 Å². The van der Waals surface area contributed by atoms with Gasteiger partial charge in [-0.3, -0.25) is 9.59 Å². The van der Waals surface area contributed by atoms with Gasteiger partial charge < -0.3 is 10.2 Å². The van der Waals surface area contributed by atoms with Crippen LogP contribution in [0.2, 0.25) is 5.02 Å². The summed E-state index contributed by atoms with van der Waals surface area (Å²) in [5.74, 6) is 0.271. The lowest BCUT2D eigenvalue weighted by Gasteiger charge is -2.42. The van der Waals surface area contributed by atoms with E-state index in [0.29, 0.717) is 11.6 Å². The van der Waals surface area contributed by atoms with Crippen molar-refractivity contribution in [3.63, 3.8) is 0 Å². The van der Waals surface area contributed by atoms with Crippen molar-refractivity contribution in [1.82, 2.24) is 10.2 Å². The van der Waals surface area contributed by atoms with E-state index in [1.807, 2.05) is 38.1 Å². The van der Waals surface area contributed by atoms with E-state index in [1.165, 1.54) is 0 Å². The zero-order valence-corrected chi connectivity index (χ0v) is 13.0. The Morgan fingerprint density at radius 2 is 2.00 bits per heavy atom. The minimum atomic E-state index is -0.321. The minimum Gasteiger partial charge on any atom is -0.352 e. The number of carbonyl (C=O) groups is 2. The first kappa shape index (κ1) is 14.4. The normalized spacial score (nSPS) is 27.2. The maximum absolute atomic E-state index is 12.7. The fraction of sp³-hybridized carbons (Fsp3) is 0.500. The molecule has 3 rings (SSSR count). The number of nitrogens with one attached hydrogen (secondary N) is 1. The summed E-state index contributed by atoms with van der Waals surface area (Å²) in [4.78, 5) is 26.0. The Bertz CT molecular complexity index is 582. The molecule has 2 atom stereocenters. The van der Waals surface area contributed by atoms with Gasteiger partial charge in [0.25, 0.3) is 0 Å². The summed E-state index contributed by atoms with van der Waals surface area (Å²) in [7, 11) is 0. The Balaban J connectivity index is 1.72. The van der Waals surface area contributed by atoms with Crippen LogP contribution in [0, 0.1) is 5.92 Å². The zero-order valence-electron chi connectivity index (χ0n) is 12.2. The van der Waals surface area contributed by atoms with Crippen molar-refractivity contribution in [2.75, 3.05) is 13.1 Å². The van der Waals surface area contributed by atoms with Crippen molar-refractivity contribution >= 4 is 23.4 Å². The molecule has 21 heavy (non-hydrogen) atoms. The lowest BCUT2D eigenvalue weighted by atomic mass is 9.98. The lowest BCUT2D eigenvalue weighted by molar-refractivity contribution is -0.146. The van der Waals surface area contributed by atoms with Crippen LogP contribution in [0.3, 0.4) is 0 Å².